The smallest absolute Gasteiger partial charge is 0.336 e. The molecule has 4 amide bonds. The first kappa shape index (κ1) is 37.7. The molecule has 0 aromatic heterocycles. The lowest BCUT2D eigenvalue weighted by Gasteiger charge is -2.22. The van der Waals surface area contributed by atoms with Gasteiger partial charge in [0.25, 0.3) is 11.8 Å². The normalized spacial score (nSPS) is 12.7. The quantitative estimate of drug-likeness (QED) is 0.0452. The number of rotatable bonds is 23. The first-order valence-electron chi connectivity index (χ1n) is 14.3. The van der Waals surface area contributed by atoms with Gasteiger partial charge in [-0.2, -0.15) is 0 Å². The number of carboxylic acid groups (broad SMARTS) is 1. The van der Waals surface area contributed by atoms with Gasteiger partial charge in [-0.25, -0.2) is 14.9 Å². The second-order valence-electron chi connectivity index (χ2n) is 9.82. The van der Waals surface area contributed by atoms with Crippen LogP contribution in [0.25, 0.3) is 0 Å². The van der Waals surface area contributed by atoms with Gasteiger partial charge < -0.3 is 20.8 Å². The first-order valence-corrected chi connectivity index (χ1v) is 14.3. The van der Waals surface area contributed by atoms with Crippen molar-refractivity contribution in [3.63, 3.8) is 0 Å². The van der Waals surface area contributed by atoms with Gasteiger partial charge in [0, 0.05) is 25.2 Å². The van der Waals surface area contributed by atoms with Crippen LogP contribution in [0.4, 0.5) is 0 Å². The molecule has 234 valence electrons. The number of allylic oxidation sites excluding steroid dienone is 2. The second-order valence-corrected chi connectivity index (χ2v) is 9.82. The van der Waals surface area contributed by atoms with Crippen LogP contribution in [-0.4, -0.2) is 92.1 Å². The topological polar surface area (TPSA) is 197 Å². The lowest BCUT2D eigenvalue weighted by atomic mass is 9.94. The third-order valence-electron chi connectivity index (χ3n) is 6.02. The first-order chi connectivity index (χ1) is 19.5. The van der Waals surface area contributed by atoms with Gasteiger partial charge in [-0.15, -0.1) is 0 Å². The van der Waals surface area contributed by atoms with Crippen molar-refractivity contribution in [1.29, 1.82) is 0 Å². The highest BCUT2D eigenvalue weighted by Gasteiger charge is 2.40. The summed E-state index contributed by atoms with van der Waals surface area (Å²) in [5.41, 5.74) is -2.66. The van der Waals surface area contributed by atoms with Gasteiger partial charge in [0.15, 0.2) is 5.60 Å². The zero-order chi connectivity index (χ0) is 31.1. The molecule has 0 aromatic rings. The fraction of sp³-hybridized carbons (Fsp3) is 0.679. The molecular weight excluding hydrogens is 536 g/mol. The molecule has 13 heteroatoms. The Balaban J connectivity index is 4.39. The minimum atomic E-state index is -2.66. The number of amides is 4. The molecule has 0 aliphatic heterocycles. The van der Waals surface area contributed by atoms with E-state index in [1.165, 1.54) is 12.2 Å². The standard InChI is InChI=1S/C28H48N4O9/c1-3-5-7-9-11-15-25(35)31(40)19-13-17-29-23(33)21-28(39,27(37)38)22-24(34)30-18-14-20-32(41)26(36)16-12-10-8-6-4-2/h11-12,15-16,39-41H,3-10,13-14,17-22H2,1-2H3,(H,29,33)(H,30,34)(H,37,38). The minimum absolute atomic E-state index is 0.00437. The van der Waals surface area contributed by atoms with E-state index in [9.17, 15) is 44.6 Å². The third kappa shape index (κ3) is 18.6. The van der Waals surface area contributed by atoms with Crippen LogP contribution in [0, 0.1) is 0 Å². The lowest BCUT2D eigenvalue weighted by Crippen LogP contribution is -2.47. The van der Waals surface area contributed by atoms with Crippen LogP contribution in [0.2, 0.25) is 0 Å². The summed E-state index contributed by atoms with van der Waals surface area (Å²) in [6.45, 7) is 3.98. The van der Waals surface area contributed by atoms with Crippen LogP contribution in [-0.2, 0) is 24.0 Å². The Kier molecular flexibility index (Phi) is 20.6. The summed E-state index contributed by atoms with van der Waals surface area (Å²) in [5.74, 6) is -4.59. The van der Waals surface area contributed by atoms with E-state index >= 15 is 0 Å². The van der Waals surface area contributed by atoms with Crippen LogP contribution in [0.3, 0.4) is 0 Å². The van der Waals surface area contributed by atoms with Crippen LogP contribution >= 0.6 is 0 Å². The summed E-state index contributed by atoms with van der Waals surface area (Å²) in [6.07, 6.45) is 12.1. The number of hydroxylamine groups is 4. The van der Waals surface area contributed by atoms with E-state index in [1.807, 2.05) is 0 Å². The summed E-state index contributed by atoms with van der Waals surface area (Å²) < 4.78 is 0. The van der Waals surface area contributed by atoms with Crippen molar-refractivity contribution in [2.45, 2.75) is 96.5 Å². The largest absolute Gasteiger partial charge is 0.479 e. The Morgan fingerprint density at radius 1 is 0.683 bits per heavy atom. The van der Waals surface area contributed by atoms with E-state index in [-0.39, 0.29) is 39.0 Å². The van der Waals surface area contributed by atoms with E-state index in [4.69, 9.17) is 0 Å². The predicted octanol–water partition coefficient (Wildman–Crippen LogP) is 2.30. The Bertz CT molecular complexity index is 817. The molecule has 0 fully saturated rings. The van der Waals surface area contributed by atoms with Gasteiger partial charge in [0.1, 0.15) is 0 Å². The Morgan fingerprint density at radius 2 is 1.07 bits per heavy atom. The summed E-state index contributed by atoms with van der Waals surface area (Å²) in [4.78, 5) is 59.6. The second kappa shape index (κ2) is 22.4. The molecule has 0 spiro atoms. The molecule has 0 heterocycles. The summed E-state index contributed by atoms with van der Waals surface area (Å²) in [5, 5.41) is 45.2. The van der Waals surface area contributed by atoms with Gasteiger partial charge in [0.05, 0.1) is 25.9 Å². The number of nitrogens with zero attached hydrogens (tertiary/aromatic N) is 2. The highest BCUT2D eigenvalue weighted by Crippen LogP contribution is 2.16. The highest BCUT2D eigenvalue weighted by molar-refractivity contribution is 5.91. The van der Waals surface area contributed by atoms with E-state index < -0.39 is 48.0 Å². The van der Waals surface area contributed by atoms with Crippen molar-refractivity contribution >= 4 is 29.6 Å². The van der Waals surface area contributed by atoms with E-state index in [2.05, 4.69) is 24.5 Å². The number of hydrogen-bond acceptors (Lipinski definition) is 8. The number of nitrogens with one attached hydrogen (secondary N) is 2. The van der Waals surface area contributed by atoms with Crippen molar-refractivity contribution in [3.8, 4) is 0 Å². The predicted molar refractivity (Wildman–Crippen MR) is 151 cm³/mol. The average Bonchev–Trinajstić information content (AvgIpc) is 2.92. The van der Waals surface area contributed by atoms with Gasteiger partial charge in [-0.05, 0) is 38.5 Å². The summed E-state index contributed by atoms with van der Waals surface area (Å²) in [6, 6.07) is 0. The molecule has 13 nitrogen and oxygen atoms in total. The summed E-state index contributed by atoms with van der Waals surface area (Å²) in [7, 11) is 0. The Hall–Kier alpha value is -3.29. The number of aliphatic carboxylic acids is 1. The fourth-order valence-corrected chi connectivity index (χ4v) is 3.57. The van der Waals surface area contributed by atoms with E-state index in [0.29, 0.717) is 10.1 Å². The van der Waals surface area contributed by atoms with Crippen molar-refractivity contribution in [3.05, 3.63) is 24.3 Å². The van der Waals surface area contributed by atoms with Gasteiger partial charge >= 0.3 is 5.97 Å². The molecule has 41 heavy (non-hydrogen) atoms. The van der Waals surface area contributed by atoms with Crippen molar-refractivity contribution in [1.82, 2.24) is 20.8 Å². The molecule has 0 bridgehead atoms. The molecule has 0 unspecified atom stereocenters. The maximum absolute atomic E-state index is 12.2. The molecule has 0 aliphatic rings. The SMILES string of the molecule is CCCCCC=CC(=O)N(O)CCCNC(=O)CC(O)(CC(=O)NCCCN(O)C(=O)C=CCCCCC)C(=O)O. The molecule has 0 aromatic carbocycles. The average molecular weight is 585 g/mol. The molecule has 0 aliphatic carbocycles. The molecular formula is C28H48N4O9. The van der Waals surface area contributed by atoms with Crippen LogP contribution in [0.5, 0.6) is 0 Å². The maximum atomic E-state index is 12.2. The lowest BCUT2D eigenvalue weighted by molar-refractivity contribution is -0.164. The molecule has 0 saturated heterocycles. The number of carbonyl (C=O) groups is 5. The Morgan fingerprint density at radius 3 is 1.41 bits per heavy atom. The molecule has 0 rings (SSSR count). The highest BCUT2D eigenvalue weighted by atomic mass is 16.5. The van der Waals surface area contributed by atoms with E-state index in [1.54, 1.807) is 12.2 Å². The Labute approximate surface area is 242 Å². The van der Waals surface area contributed by atoms with Gasteiger partial charge in [-0.1, -0.05) is 51.7 Å². The molecule has 0 saturated carbocycles. The van der Waals surface area contributed by atoms with Crippen LogP contribution in [0.1, 0.15) is 90.9 Å². The number of aliphatic hydroxyl groups is 1. The zero-order valence-electron chi connectivity index (χ0n) is 24.3. The number of carbonyl (C=O) groups excluding carboxylic acids is 4. The molecule has 0 atom stereocenters. The van der Waals surface area contributed by atoms with Crippen LogP contribution < -0.4 is 10.6 Å². The molecule has 0 radical (unpaired) electrons. The zero-order valence-corrected chi connectivity index (χ0v) is 24.3. The minimum Gasteiger partial charge on any atom is -0.479 e. The molecule has 6 N–H and O–H groups in total. The maximum Gasteiger partial charge on any atom is 0.336 e. The van der Waals surface area contributed by atoms with Crippen LogP contribution in [0.15, 0.2) is 24.3 Å². The van der Waals surface area contributed by atoms with Gasteiger partial charge in [0.2, 0.25) is 11.8 Å². The third-order valence-corrected chi connectivity index (χ3v) is 6.02. The monoisotopic (exact) mass is 584 g/mol. The van der Waals surface area contributed by atoms with E-state index in [0.717, 1.165) is 51.4 Å². The van der Waals surface area contributed by atoms with Crippen molar-refractivity contribution in [2.75, 3.05) is 26.2 Å². The fourth-order valence-electron chi connectivity index (χ4n) is 3.57. The summed E-state index contributed by atoms with van der Waals surface area (Å²) >= 11 is 0. The number of hydrogen-bond donors (Lipinski definition) is 6. The number of carboxylic acids is 1. The number of unbranched alkanes of at least 4 members (excludes halogenated alkanes) is 6. The van der Waals surface area contributed by atoms with Gasteiger partial charge in [-0.3, -0.25) is 29.6 Å². The van der Waals surface area contributed by atoms with Crippen molar-refractivity contribution < 1.29 is 44.6 Å². The van der Waals surface area contributed by atoms with Crippen molar-refractivity contribution in [2.24, 2.45) is 0 Å².